The van der Waals surface area contributed by atoms with E-state index in [-0.39, 0.29) is 11.9 Å². The van der Waals surface area contributed by atoms with Gasteiger partial charge in [0.05, 0.1) is 6.04 Å². The third-order valence-electron chi connectivity index (χ3n) is 2.64. The van der Waals surface area contributed by atoms with E-state index in [1.54, 1.807) is 7.05 Å². The molecule has 4 heteroatoms. The van der Waals surface area contributed by atoms with Crippen molar-refractivity contribution in [2.45, 2.75) is 33.2 Å². The predicted molar refractivity (Wildman–Crippen MR) is 63.9 cm³/mol. The molecule has 2 N–H and O–H groups in total. The normalized spacial score (nSPS) is 12.9. The average Bonchev–Trinajstić information content (AvgIpc) is 2.27. The van der Waals surface area contributed by atoms with Crippen LogP contribution in [0, 0.1) is 0 Å². The van der Waals surface area contributed by atoms with Gasteiger partial charge in [-0.15, -0.1) is 0 Å². The van der Waals surface area contributed by atoms with Gasteiger partial charge in [-0.25, -0.2) is 0 Å². The molecular formula is C11H25N3O. The topological polar surface area (TPSA) is 44.4 Å². The molecule has 0 radical (unpaired) electrons. The highest BCUT2D eigenvalue weighted by atomic mass is 16.2. The summed E-state index contributed by atoms with van der Waals surface area (Å²) in [5, 5.41) is 5.82. The second-order valence-corrected chi connectivity index (χ2v) is 3.67. The molecule has 1 unspecified atom stereocenters. The average molecular weight is 215 g/mol. The van der Waals surface area contributed by atoms with Crippen LogP contribution in [0.25, 0.3) is 0 Å². The van der Waals surface area contributed by atoms with Crippen molar-refractivity contribution in [1.29, 1.82) is 0 Å². The summed E-state index contributed by atoms with van der Waals surface area (Å²) >= 11 is 0. The molecule has 0 spiro atoms. The number of likely N-dealkylation sites (N-methyl/N-ethyl adjacent to an activating group) is 1. The lowest BCUT2D eigenvalue weighted by atomic mass is 10.3. The van der Waals surface area contributed by atoms with Crippen LogP contribution in [-0.2, 0) is 4.79 Å². The van der Waals surface area contributed by atoms with E-state index in [2.05, 4.69) is 29.4 Å². The molecule has 0 bridgehead atoms. The van der Waals surface area contributed by atoms with Gasteiger partial charge < -0.3 is 15.5 Å². The Hall–Kier alpha value is -0.610. The summed E-state index contributed by atoms with van der Waals surface area (Å²) in [4.78, 5) is 13.5. The number of nitrogens with zero attached hydrogens (tertiary/aromatic N) is 1. The zero-order valence-corrected chi connectivity index (χ0v) is 10.5. The quantitative estimate of drug-likeness (QED) is 0.578. The molecule has 15 heavy (non-hydrogen) atoms. The zero-order chi connectivity index (χ0) is 11.7. The molecule has 90 valence electrons. The fraction of sp³-hybridized carbons (Fsp3) is 0.909. The van der Waals surface area contributed by atoms with Crippen LogP contribution in [0.4, 0.5) is 0 Å². The minimum Gasteiger partial charge on any atom is -0.358 e. The van der Waals surface area contributed by atoms with E-state index < -0.39 is 0 Å². The Bertz CT molecular complexity index is 169. The fourth-order valence-corrected chi connectivity index (χ4v) is 1.47. The van der Waals surface area contributed by atoms with Crippen LogP contribution in [0.3, 0.4) is 0 Å². The Morgan fingerprint density at radius 3 is 2.40 bits per heavy atom. The van der Waals surface area contributed by atoms with Gasteiger partial charge in [-0.05, 0) is 39.5 Å². The minimum absolute atomic E-state index is 0.0536. The van der Waals surface area contributed by atoms with Gasteiger partial charge in [-0.1, -0.05) is 13.8 Å². The second-order valence-electron chi connectivity index (χ2n) is 3.67. The van der Waals surface area contributed by atoms with Crippen LogP contribution in [-0.4, -0.2) is 50.1 Å². The van der Waals surface area contributed by atoms with E-state index in [0.717, 1.165) is 32.6 Å². The van der Waals surface area contributed by atoms with Crippen LogP contribution in [0.5, 0.6) is 0 Å². The summed E-state index contributed by atoms with van der Waals surface area (Å²) in [6.45, 7) is 10.4. The van der Waals surface area contributed by atoms with Crippen molar-refractivity contribution in [1.82, 2.24) is 15.5 Å². The van der Waals surface area contributed by atoms with Gasteiger partial charge >= 0.3 is 0 Å². The number of hydrogen-bond donors (Lipinski definition) is 2. The van der Waals surface area contributed by atoms with E-state index in [1.165, 1.54) is 0 Å². The predicted octanol–water partition coefficient (Wildman–Crippen LogP) is 0.442. The van der Waals surface area contributed by atoms with Gasteiger partial charge in [0.25, 0.3) is 0 Å². The minimum atomic E-state index is -0.0910. The van der Waals surface area contributed by atoms with Crippen molar-refractivity contribution >= 4 is 5.91 Å². The Labute approximate surface area is 93.4 Å². The highest BCUT2D eigenvalue weighted by molar-refractivity contribution is 5.80. The van der Waals surface area contributed by atoms with Gasteiger partial charge in [0, 0.05) is 7.05 Å². The Kier molecular flexibility index (Phi) is 8.33. The Morgan fingerprint density at radius 2 is 1.93 bits per heavy atom. The van der Waals surface area contributed by atoms with Gasteiger partial charge in [-0.3, -0.25) is 4.79 Å². The molecule has 1 amide bonds. The molecule has 0 aromatic heterocycles. The lowest BCUT2D eigenvalue weighted by Crippen LogP contribution is -2.41. The molecule has 4 nitrogen and oxygen atoms in total. The molecule has 0 aromatic carbocycles. The van der Waals surface area contributed by atoms with Crippen molar-refractivity contribution in [2.75, 3.05) is 33.2 Å². The molecule has 0 rings (SSSR count). The summed E-state index contributed by atoms with van der Waals surface area (Å²) < 4.78 is 0. The molecular weight excluding hydrogens is 190 g/mol. The second kappa shape index (κ2) is 8.68. The standard InChI is InChI=1S/C11H25N3O/c1-5-14(6-2)9-7-8-13-10(3)11(15)12-4/h10,13H,5-9H2,1-4H3,(H,12,15). The largest absolute Gasteiger partial charge is 0.358 e. The van der Waals surface area contributed by atoms with E-state index >= 15 is 0 Å². The zero-order valence-electron chi connectivity index (χ0n) is 10.5. The summed E-state index contributed by atoms with van der Waals surface area (Å²) in [5.74, 6) is 0.0536. The first-order chi connectivity index (χ1) is 7.15. The Balaban J connectivity index is 3.49. The number of amides is 1. The number of carbonyl (C=O) groups is 1. The van der Waals surface area contributed by atoms with E-state index in [4.69, 9.17) is 0 Å². The molecule has 0 heterocycles. The van der Waals surface area contributed by atoms with Crippen molar-refractivity contribution in [3.05, 3.63) is 0 Å². The molecule has 0 saturated carbocycles. The van der Waals surface area contributed by atoms with Crippen LogP contribution in [0.1, 0.15) is 27.2 Å². The third kappa shape index (κ3) is 6.47. The smallest absolute Gasteiger partial charge is 0.236 e. The first-order valence-electron chi connectivity index (χ1n) is 5.83. The van der Waals surface area contributed by atoms with Gasteiger partial charge in [0.15, 0.2) is 0 Å². The number of nitrogens with one attached hydrogen (secondary N) is 2. The van der Waals surface area contributed by atoms with E-state index in [1.807, 2.05) is 6.92 Å². The molecule has 1 atom stereocenters. The highest BCUT2D eigenvalue weighted by Gasteiger charge is 2.08. The van der Waals surface area contributed by atoms with E-state index in [0.29, 0.717) is 0 Å². The van der Waals surface area contributed by atoms with Crippen LogP contribution >= 0.6 is 0 Å². The monoisotopic (exact) mass is 215 g/mol. The summed E-state index contributed by atoms with van der Waals surface area (Å²) in [6.07, 6.45) is 1.09. The third-order valence-corrected chi connectivity index (χ3v) is 2.64. The lowest BCUT2D eigenvalue weighted by molar-refractivity contribution is -0.122. The van der Waals surface area contributed by atoms with Crippen molar-refractivity contribution in [3.63, 3.8) is 0 Å². The highest BCUT2D eigenvalue weighted by Crippen LogP contribution is 1.90. The van der Waals surface area contributed by atoms with Crippen molar-refractivity contribution in [3.8, 4) is 0 Å². The molecule has 0 aliphatic heterocycles. The van der Waals surface area contributed by atoms with Crippen LogP contribution in [0.2, 0.25) is 0 Å². The molecule has 0 aliphatic carbocycles. The van der Waals surface area contributed by atoms with Crippen LogP contribution in [0.15, 0.2) is 0 Å². The maximum absolute atomic E-state index is 11.2. The van der Waals surface area contributed by atoms with E-state index in [9.17, 15) is 4.79 Å². The van der Waals surface area contributed by atoms with Gasteiger partial charge in [-0.2, -0.15) is 0 Å². The molecule has 0 fully saturated rings. The summed E-state index contributed by atoms with van der Waals surface area (Å²) in [7, 11) is 1.66. The first-order valence-corrected chi connectivity index (χ1v) is 5.83. The number of hydrogen-bond acceptors (Lipinski definition) is 3. The number of rotatable bonds is 8. The summed E-state index contributed by atoms with van der Waals surface area (Å²) in [6, 6.07) is -0.0910. The molecule has 0 saturated heterocycles. The number of carbonyl (C=O) groups excluding carboxylic acids is 1. The summed E-state index contributed by atoms with van der Waals surface area (Å²) in [5.41, 5.74) is 0. The Morgan fingerprint density at radius 1 is 1.33 bits per heavy atom. The molecule has 0 aliphatic rings. The fourth-order valence-electron chi connectivity index (χ4n) is 1.47. The lowest BCUT2D eigenvalue weighted by Gasteiger charge is -2.18. The van der Waals surface area contributed by atoms with Crippen molar-refractivity contribution in [2.24, 2.45) is 0 Å². The maximum Gasteiger partial charge on any atom is 0.236 e. The van der Waals surface area contributed by atoms with Gasteiger partial charge in [0.2, 0.25) is 5.91 Å². The SMILES string of the molecule is CCN(CC)CCCNC(C)C(=O)NC. The first kappa shape index (κ1) is 14.4. The van der Waals surface area contributed by atoms with Gasteiger partial charge in [0.1, 0.15) is 0 Å². The molecule has 0 aromatic rings. The maximum atomic E-state index is 11.2. The van der Waals surface area contributed by atoms with Crippen molar-refractivity contribution < 1.29 is 4.79 Å². The van der Waals surface area contributed by atoms with Crippen LogP contribution < -0.4 is 10.6 Å².